The van der Waals surface area contributed by atoms with E-state index in [1.54, 1.807) is 34.1 Å². The van der Waals surface area contributed by atoms with Gasteiger partial charge in [-0.2, -0.15) is 9.50 Å². The van der Waals surface area contributed by atoms with Crippen molar-refractivity contribution in [2.45, 2.75) is 20.4 Å². The molecule has 8 heteroatoms. The van der Waals surface area contributed by atoms with Crippen molar-refractivity contribution in [3.8, 4) is 11.5 Å². The number of benzene rings is 1. The van der Waals surface area contributed by atoms with Crippen molar-refractivity contribution in [2.75, 3.05) is 19.5 Å². The third-order valence-electron chi connectivity index (χ3n) is 3.87. The number of H-pyrrole nitrogens is 1. The number of hydrogen-bond donors (Lipinski definition) is 2. The molecule has 126 valence electrons. The summed E-state index contributed by atoms with van der Waals surface area (Å²) in [6.45, 7) is 3.94. The average molecular weight is 329 g/mol. The maximum absolute atomic E-state index is 12.2. The number of aryl methyl sites for hydroxylation is 1. The summed E-state index contributed by atoms with van der Waals surface area (Å²) in [7, 11) is 3.20. The van der Waals surface area contributed by atoms with Crippen LogP contribution in [0.5, 0.6) is 11.5 Å². The van der Waals surface area contributed by atoms with Crippen LogP contribution in [0.1, 0.15) is 17.1 Å². The van der Waals surface area contributed by atoms with Gasteiger partial charge in [0.15, 0.2) is 0 Å². The molecule has 0 saturated carbocycles. The topological polar surface area (TPSA) is 93.5 Å². The molecule has 24 heavy (non-hydrogen) atoms. The Balaban J connectivity index is 1.86. The molecule has 0 amide bonds. The molecule has 2 heterocycles. The van der Waals surface area contributed by atoms with Gasteiger partial charge in [0.25, 0.3) is 11.3 Å². The molecule has 1 aromatic carbocycles. The maximum Gasteiger partial charge on any atom is 0.277 e. The largest absolute Gasteiger partial charge is 0.497 e. The van der Waals surface area contributed by atoms with E-state index >= 15 is 0 Å². The van der Waals surface area contributed by atoms with E-state index in [1.807, 2.05) is 12.1 Å². The highest BCUT2D eigenvalue weighted by molar-refractivity contribution is 5.59. The lowest BCUT2D eigenvalue weighted by Crippen LogP contribution is -2.19. The van der Waals surface area contributed by atoms with Crippen LogP contribution in [0.25, 0.3) is 5.78 Å². The Morgan fingerprint density at radius 2 is 2.00 bits per heavy atom. The smallest absolute Gasteiger partial charge is 0.277 e. The van der Waals surface area contributed by atoms with Gasteiger partial charge in [-0.15, -0.1) is 0 Å². The summed E-state index contributed by atoms with van der Waals surface area (Å²) in [4.78, 5) is 20.9. The number of fused-ring (bicyclic) bond motifs is 1. The van der Waals surface area contributed by atoms with Crippen LogP contribution >= 0.6 is 0 Å². The summed E-state index contributed by atoms with van der Waals surface area (Å²) in [6, 6.07) is 5.49. The molecule has 0 radical (unpaired) electrons. The van der Waals surface area contributed by atoms with E-state index in [0.29, 0.717) is 40.9 Å². The second-order valence-corrected chi connectivity index (χ2v) is 5.35. The molecule has 0 atom stereocenters. The Kier molecular flexibility index (Phi) is 4.11. The van der Waals surface area contributed by atoms with Gasteiger partial charge in [-0.3, -0.25) is 9.89 Å². The first kappa shape index (κ1) is 15.9. The van der Waals surface area contributed by atoms with Crippen molar-refractivity contribution >= 4 is 11.5 Å². The van der Waals surface area contributed by atoms with E-state index in [0.717, 1.165) is 5.69 Å². The lowest BCUT2D eigenvalue weighted by atomic mass is 10.2. The SMILES string of the molecule is COc1ccc(NCc2nc3nc(C)c(C)c(=O)n3[nH]2)c(OC)c1. The quantitative estimate of drug-likeness (QED) is 0.739. The molecular formula is C16H19N5O3. The summed E-state index contributed by atoms with van der Waals surface area (Å²) < 4.78 is 11.9. The summed E-state index contributed by atoms with van der Waals surface area (Å²) in [5.41, 5.74) is 1.94. The van der Waals surface area contributed by atoms with E-state index in [4.69, 9.17) is 9.47 Å². The van der Waals surface area contributed by atoms with Gasteiger partial charge in [-0.1, -0.05) is 0 Å². The van der Waals surface area contributed by atoms with E-state index in [9.17, 15) is 4.79 Å². The van der Waals surface area contributed by atoms with Gasteiger partial charge >= 0.3 is 0 Å². The van der Waals surface area contributed by atoms with Crippen LogP contribution in [-0.4, -0.2) is 33.8 Å². The van der Waals surface area contributed by atoms with Crippen LogP contribution in [-0.2, 0) is 6.54 Å². The second kappa shape index (κ2) is 6.23. The van der Waals surface area contributed by atoms with Gasteiger partial charge in [0, 0.05) is 17.3 Å². The highest BCUT2D eigenvalue weighted by atomic mass is 16.5. The summed E-state index contributed by atoms with van der Waals surface area (Å²) >= 11 is 0. The Bertz CT molecular complexity index is 945. The molecule has 0 aliphatic carbocycles. The zero-order valence-electron chi connectivity index (χ0n) is 14.0. The number of ether oxygens (including phenoxy) is 2. The van der Waals surface area contributed by atoms with Gasteiger partial charge in [0.2, 0.25) is 0 Å². The molecular weight excluding hydrogens is 310 g/mol. The first-order chi connectivity index (χ1) is 11.5. The predicted octanol–water partition coefficient (Wildman–Crippen LogP) is 1.66. The van der Waals surface area contributed by atoms with Crippen molar-refractivity contribution in [3.63, 3.8) is 0 Å². The Morgan fingerprint density at radius 1 is 1.21 bits per heavy atom. The molecule has 2 aromatic heterocycles. The monoisotopic (exact) mass is 329 g/mol. The molecule has 0 spiro atoms. The minimum absolute atomic E-state index is 0.140. The molecule has 2 N–H and O–H groups in total. The molecule has 0 saturated heterocycles. The number of anilines is 1. The predicted molar refractivity (Wildman–Crippen MR) is 90.0 cm³/mol. The number of aromatic amines is 1. The molecule has 0 fully saturated rings. The minimum Gasteiger partial charge on any atom is -0.497 e. The highest BCUT2D eigenvalue weighted by Gasteiger charge is 2.11. The molecule has 8 nitrogen and oxygen atoms in total. The maximum atomic E-state index is 12.2. The molecule has 0 aliphatic rings. The number of hydrogen-bond acceptors (Lipinski definition) is 6. The number of aromatic nitrogens is 4. The molecule has 0 bridgehead atoms. The van der Waals surface area contributed by atoms with Crippen LogP contribution in [0.4, 0.5) is 5.69 Å². The summed E-state index contributed by atoms with van der Waals surface area (Å²) in [5, 5.41) is 6.19. The second-order valence-electron chi connectivity index (χ2n) is 5.35. The van der Waals surface area contributed by atoms with Crippen LogP contribution < -0.4 is 20.3 Å². The average Bonchev–Trinajstić information content (AvgIpc) is 3.00. The Morgan fingerprint density at radius 3 is 2.71 bits per heavy atom. The van der Waals surface area contributed by atoms with E-state index in [1.165, 1.54) is 4.52 Å². The van der Waals surface area contributed by atoms with Gasteiger partial charge in [-0.25, -0.2) is 4.98 Å². The standard InChI is InChI=1S/C16H19N5O3/c1-9-10(2)18-16-19-14(20-21(16)15(9)22)8-17-12-6-5-11(23-3)7-13(12)24-4/h5-7,17H,8H2,1-4H3,(H,18,19,20). The first-order valence-electron chi connectivity index (χ1n) is 7.44. The minimum atomic E-state index is -0.140. The van der Waals surface area contributed by atoms with E-state index in [-0.39, 0.29) is 5.56 Å². The molecule has 0 unspecified atom stereocenters. The number of nitrogens with one attached hydrogen (secondary N) is 2. The summed E-state index contributed by atoms with van der Waals surface area (Å²) in [6.07, 6.45) is 0. The van der Waals surface area contributed by atoms with Crippen molar-refractivity contribution in [1.29, 1.82) is 0 Å². The van der Waals surface area contributed by atoms with Crippen molar-refractivity contribution < 1.29 is 9.47 Å². The third-order valence-corrected chi connectivity index (χ3v) is 3.87. The van der Waals surface area contributed by atoms with E-state index < -0.39 is 0 Å². The van der Waals surface area contributed by atoms with Crippen molar-refractivity contribution in [2.24, 2.45) is 0 Å². The fourth-order valence-electron chi connectivity index (χ4n) is 2.35. The van der Waals surface area contributed by atoms with Gasteiger partial charge in [-0.05, 0) is 26.0 Å². The zero-order chi connectivity index (χ0) is 17.3. The fraction of sp³-hybridized carbons (Fsp3) is 0.312. The third kappa shape index (κ3) is 2.78. The van der Waals surface area contributed by atoms with Crippen molar-refractivity contribution in [1.82, 2.24) is 19.6 Å². The van der Waals surface area contributed by atoms with Gasteiger partial charge in [0.05, 0.1) is 26.5 Å². The van der Waals surface area contributed by atoms with Crippen LogP contribution in [0.2, 0.25) is 0 Å². The number of rotatable bonds is 5. The van der Waals surface area contributed by atoms with Gasteiger partial charge in [0.1, 0.15) is 17.3 Å². The summed E-state index contributed by atoms with van der Waals surface area (Å²) in [5.74, 6) is 2.33. The first-order valence-corrected chi connectivity index (χ1v) is 7.44. The lowest BCUT2D eigenvalue weighted by molar-refractivity contribution is 0.395. The molecule has 3 aromatic rings. The van der Waals surface area contributed by atoms with Crippen LogP contribution in [0, 0.1) is 13.8 Å². The molecule has 3 rings (SSSR count). The number of nitrogens with zero attached hydrogens (tertiary/aromatic N) is 3. The Hall–Kier alpha value is -3.03. The fourth-order valence-corrected chi connectivity index (χ4v) is 2.35. The van der Waals surface area contributed by atoms with Crippen molar-refractivity contribution in [3.05, 3.63) is 45.6 Å². The van der Waals surface area contributed by atoms with Crippen LogP contribution in [0.15, 0.2) is 23.0 Å². The Labute approximate surface area is 138 Å². The lowest BCUT2D eigenvalue weighted by Gasteiger charge is -2.11. The van der Waals surface area contributed by atoms with Gasteiger partial charge < -0.3 is 14.8 Å². The van der Waals surface area contributed by atoms with E-state index in [2.05, 4.69) is 20.4 Å². The number of methoxy groups -OCH3 is 2. The zero-order valence-corrected chi connectivity index (χ0v) is 14.0. The van der Waals surface area contributed by atoms with Crippen LogP contribution in [0.3, 0.4) is 0 Å². The normalized spacial score (nSPS) is 10.8. The molecule has 0 aliphatic heterocycles. The highest BCUT2D eigenvalue weighted by Crippen LogP contribution is 2.29.